The van der Waals surface area contributed by atoms with Gasteiger partial charge in [-0.3, -0.25) is 9.59 Å². The van der Waals surface area contributed by atoms with Crippen molar-refractivity contribution in [1.82, 2.24) is 4.90 Å². The maximum absolute atomic E-state index is 13.5. The highest BCUT2D eigenvalue weighted by molar-refractivity contribution is 5.95. The van der Waals surface area contributed by atoms with Gasteiger partial charge in [-0.15, -0.1) is 0 Å². The minimum absolute atomic E-state index is 0.0784. The molecule has 0 unspecified atom stereocenters. The van der Waals surface area contributed by atoms with Crippen LogP contribution in [0.2, 0.25) is 0 Å². The van der Waals surface area contributed by atoms with Crippen LogP contribution < -0.4 is 25.4 Å². The molecule has 8 heteroatoms. The van der Waals surface area contributed by atoms with Crippen LogP contribution in [0.3, 0.4) is 0 Å². The lowest BCUT2D eigenvalue weighted by Crippen LogP contribution is -2.33. The van der Waals surface area contributed by atoms with E-state index in [1.54, 1.807) is 25.1 Å². The number of hydrogen-bond donors (Lipinski definition) is 2. The van der Waals surface area contributed by atoms with Crippen LogP contribution in [0.15, 0.2) is 60.7 Å². The molecule has 210 valence electrons. The Morgan fingerprint density at radius 1 is 1.00 bits per heavy atom. The molecule has 8 nitrogen and oxygen atoms in total. The maximum atomic E-state index is 13.5. The SMILES string of the molecule is CC(=O)Nc1cc(-c2cccc(CN(CCCN)C(=O)c3ccc4c(c3)OCO4)c2)ccc1N1CCC(C)CC1. The van der Waals surface area contributed by atoms with E-state index in [2.05, 4.69) is 47.5 Å². The third kappa shape index (κ3) is 6.39. The molecule has 5 rings (SSSR count). The average molecular weight is 543 g/mol. The predicted octanol–water partition coefficient (Wildman–Crippen LogP) is 5.27. The van der Waals surface area contributed by atoms with E-state index in [1.807, 2.05) is 17.0 Å². The molecule has 0 spiro atoms. The van der Waals surface area contributed by atoms with Gasteiger partial charge in [-0.1, -0.05) is 31.2 Å². The molecule has 0 aromatic heterocycles. The molecule has 0 saturated carbocycles. The highest BCUT2D eigenvalue weighted by Crippen LogP contribution is 2.35. The van der Waals surface area contributed by atoms with Gasteiger partial charge in [0.2, 0.25) is 12.7 Å². The van der Waals surface area contributed by atoms with E-state index in [4.69, 9.17) is 15.2 Å². The molecular weight excluding hydrogens is 504 g/mol. The van der Waals surface area contributed by atoms with Gasteiger partial charge >= 0.3 is 0 Å². The molecule has 2 aliphatic rings. The van der Waals surface area contributed by atoms with Crippen LogP contribution in [-0.4, -0.2) is 49.7 Å². The van der Waals surface area contributed by atoms with E-state index >= 15 is 0 Å². The summed E-state index contributed by atoms with van der Waals surface area (Å²) < 4.78 is 10.9. The Morgan fingerprint density at radius 3 is 2.55 bits per heavy atom. The van der Waals surface area contributed by atoms with Gasteiger partial charge in [-0.05, 0) is 84.8 Å². The summed E-state index contributed by atoms with van der Waals surface area (Å²) in [6.45, 7) is 7.47. The first-order chi connectivity index (χ1) is 19.4. The average Bonchev–Trinajstić information content (AvgIpc) is 3.43. The van der Waals surface area contributed by atoms with Crippen LogP contribution in [0.25, 0.3) is 11.1 Å². The molecule has 3 N–H and O–H groups in total. The van der Waals surface area contributed by atoms with Gasteiger partial charge < -0.3 is 30.3 Å². The van der Waals surface area contributed by atoms with Gasteiger partial charge in [-0.2, -0.15) is 0 Å². The maximum Gasteiger partial charge on any atom is 0.254 e. The molecule has 0 aliphatic carbocycles. The normalized spacial score (nSPS) is 14.7. The first kappa shape index (κ1) is 27.5. The number of carbonyl (C=O) groups is 2. The van der Waals surface area contributed by atoms with E-state index in [0.29, 0.717) is 43.1 Å². The van der Waals surface area contributed by atoms with Crippen LogP contribution in [0.4, 0.5) is 11.4 Å². The van der Waals surface area contributed by atoms with Gasteiger partial charge in [0, 0.05) is 38.7 Å². The first-order valence-electron chi connectivity index (χ1n) is 14.1. The van der Waals surface area contributed by atoms with E-state index in [0.717, 1.165) is 59.9 Å². The summed E-state index contributed by atoms with van der Waals surface area (Å²) in [5, 5.41) is 3.05. The van der Waals surface area contributed by atoms with Gasteiger partial charge in [0.15, 0.2) is 11.5 Å². The zero-order valence-electron chi connectivity index (χ0n) is 23.3. The van der Waals surface area contributed by atoms with Crippen molar-refractivity contribution in [2.75, 3.05) is 43.2 Å². The van der Waals surface area contributed by atoms with Crippen LogP contribution in [0, 0.1) is 5.92 Å². The number of rotatable bonds is 9. The van der Waals surface area contributed by atoms with Gasteiger partial charge in [0.05, 0.1) is 11.4 Å². The lowest BCUT2D eigenvalue weighted by atomic mass is 9.97. The zero-order valence-corrected chi connectivity index (χ0v) is 23.3. The fourth-order valence-corrected chi connectivity index (χ4v) is 5.35. The van der Waals surface area contributed by atoms with Gasteiger partial charge in [-0.25, -0.2) is 0 Å². The molecule has 1 saturated heterocycles. The molecule has 2 heterocycles. The Bertz CT molecular complexity index is 1370. The number of ether oxygens (including phenoxy) is 2. The number of anilines is 2. The summed E-state index contributed by atoms with van der Waals surface area (Å²) in [5.74, 6) is 1.80. The molecule has 2 aliphatic heterocycles. The summed E-state index contributed by atoms with van der Waals surface area (Å²) in [6.07, 6.45) is 3.00. The molecular formula is C32H38N4O4. The number of nitrogens with zero attached hydrogens (tertiary/aromatic N) is 2. The smallest absolute Gasteiger partial charge is 0.254 e. The van der Waals surface area contributed by atoms with E-state index in [9.17, 15) is 9.59 Å². The third-order valence-electron chi connectivity index (χ3n) is 7.60. The number of fused-ring (bicyclic) bond motifs is 1. The van der Waals surface area contributed by atoms with E-state index in [-0.39, 0.29) is 18.6 Å². The number of carbonyl (C=O) groups excluding carboxylic acids is 2. The van der Waals surface area contributed by atoms with Gasteiger partial charge in [0.1, 0.15) is 0 Å². The fraction of sp³-hybridized carbons (Fsp3) is 0.375. The number of nitrogens with one attached hydrogen (secondary N) is 1. The van der Waals surface area contributed by atoms with Crippen molar-refractivity contribution in [3.8, 4) is 22.6 Å². The molecule has 0 radical (unpaired) electrons. The minimum atomic E-state index is -0.0879. The lowest BCUT2D eigenvalue weighted by molar-refractivity contribution is -0.114. The summed E-state index contributed by atoms with van der Waals surface area (Å²) in [7, 11) is 0. The molecule has 2 amide bonds. The quantitative estimate of drug-likeness (QED) is 0.383. The summed E-state index contributed by atoms with van der Waals surface area (Å²) in [6, 6.07) is 19.8. The van der Waals surface area contributed by atoms with Crippen molar-refractivity contribution in [1.29, 1.82) is 0 Å². The summed E-state index contributed by atoms with van der Waals surface area (Å²) in [5.41, 5.74) is 11.3. The Kier molecular flexibility index (Phi) is 8.55. The van der Waals surface area contributed by atoms with Gasteiger partial charge in [0.25, 0.3) is 5.91 Å². The Hall–Kier alpha value is -4.04. The first-order valence-corrected chi connectivity index (χ1v) is 14.1. The molecule has 40 heavy (non-hydrogen) atoms. The van der Waals surface area contributed by atoms with Crippen LogP contribution in [0.5, 0.6) is 11.5 Å². The third-order valence-corrected chi connectivity index (χ3v) is 7.60. The number of benzene rings is 3. The lowest BCUT2D eigenvalue weighted by Gasteiger charge is -2.33. The zero-order chi connectivity index (χ0) is 28.1. The predicted molar refractivity (Wildman–Crippen MR) is 158 cm³/mol. The highest BCUT2D eigenvalue weighted by Gasteiger charge is 2.22. The topological polar surface area (TPSA) is 97.1 Å². The molecule has 0 atom stereocenters. The standard InChI is InChI=1S/C32H38N4O4/c1-22-11-15-35(16-12-22)29-9-7-26(18-28(29)34-23(2)37)25-6-3-5-24(17-25)20-36(14-4-13-33)32(38)27-8-10-30-31(19-27)40-21-39-30/h3,5-10,17-19,22H,4,11-16,20-21,33H2,1-2H3,(H,34,37). The largest absolute Gasteiger partial charge is 0.454 e. The van der Waals surface area contributed by atoms with Crippen molar-refractivity contribution in [2.45, 2.75) is 39.7 Å². The second-order valence-electron chi connectivity index (χ2n) is 10.7. The fourth-order valence-electron chi connectivity index (χ4n) is 5.35. The molecule has 0 bridgehead atoms. The van der Waals surface area contributed by atoms with Crippen molar-refractivity contribution in [2.24, 2.45) is 11.7 Å². The summed E-state index contributed by atoms with van der Waals surface area (Å²) in [4.78, 5) is 29.8. The van der Waals surface area contributed by atoms with Crippen LogP contribution in [-0.2, 0) is 11.3 Å². The van der Waals surface area contributed by atoms with Crippen LogP contribution >= 0.6 is 0 Å². The minimum Gasteiger partial charge on any atom is -0.454 e. The van der Waals surface area contributed by atoms with Crippen molar-refractivity contribution >= 4 is 23.2 Å². The summed E-state index contributed by atoms with van der Waals surface area (Å²) >= 11 is 0. The second kappa shape index (κ2) is 12.4. The molecule has 3 aromatic carbocycles. The molecule has 3 aromatic rings. The van der Waals surface area contributed by atoms with Crippen LogP contribution in [0.1, 0.15) is 49.0 Å². The second-order valence-corrected chi connectivity index (χ2v) is 10.7. The Balaban J connectivity index is 1.38. The monoisotopic (exact) mass is 542 g/mol. The van der Waals surface area contributed by atoms with Crippen molar-refractivity contribution in [3.63, 3.8) is 0 Å². The number of nitrogens with two attached hydrogens (primary N) is 1. The molecule has 1 fully saturated rings. The van der Waals surface area contributed by atoms with Crippen molar-refractivity contribution in [3.05, 3.63) is 71.8 Å². The Labute approximate surface area is 236 Å². The number of amides is 2. The number of piperidine rings is 1. The highest BCUT2D eigenvalue weighted by atomic mass is 16.7. The Morgan fingerprint density at radius 2 is 1.77 bits per heavy atom. The number of hydrogen-bond acceptors (Lipinski definition) is 6. The van der Waals surface area contributed by atoms with E-state index < -0.39 is 0 Å². The van der Waals surface area contributed by atoms with Crippen molar-refractivity contribution < 1.29 is 19.1 Å². The van der Waals surface area contributed by atoms with E-state index in [1.165, 1.54) is 0 Å².